The van der Waals surface area contributed by atoms with Crippen LogP contribution in [0, 0.1) is 0 Å². The Morgan fingerprint density at radius 2 is 2.33 bits per heavy atom. The van der Waals surface area contributed by atoms with Gasteiger partial charge in [0.1, 0.15) is 0 Å². The molecule has 46 valence electrons. The van der Waals surface area contributed by atoms with Gasteiger partial charge in [-0.2, -0.15) is 0 Å². The molecule has 0 aliphatic carbocycles. The van der Waals surface area contributed by atoms with Crippen molar-refractivity contribution in [2.24, 2.45) is 0 Å². The predicted octanol–water partition coefficient (Wildman–Crippen LogP) is 0.0616. The van der Waals surface area contributed by atoms with Crippen molar-refractivity contribution in [1.29, 1.82) is 0 Å². The molecule has 1 heterocycles. The molecule has 1 rings (SSSR count). The summed E-state index contributed by atoms with van der Waals surface area (Å²) >= 11 is 0. The van der Waals surface area contributed by atoms with Crippen LogP contribution in [0.3, 0.4) is 0 Å². The number of carbonyl (C=O) groups is 1. The number of rotatable bonds is 1. The van der Waals surface area contributed by atoms with Crippen molar-refractivity contribution in [2.75, 3.05) is 0 Å². The molecule has 0 saturated heterocycles. The van der Waals surface area contributed by atoms with E-state index < -0.39 is 5.97 Å². The molecule has 1 N–H and O–H groups in total. The van der Waals surface area contributed by atoms with Crippen molar-refractivity contribution in [2.45, 2.75) is 0 Å². The molecule has 0 amide bonds. The van der Waals surface area contributed by atoms with Crippen molar-refractivity contribution in [1.82, 2.24) is 0 Å². The second kappa shape index (κ2) is 3.93. The second-order valence-electron chi connectivity index (χ2n) is 1.28. The number of aromatic carboxylic acids is 1. The van der Waals surface area contributed by atoms with Crippen LogP contribution in [-0.4, -0.2) is 48.8 Å². The van der Waals surface area contributed by atoms with Crippen LogP contribution in [0.4, 0.5) is 0 Å². The zero-order chi connectivity index (χ0) is 5.98. The first kappa shape index (κ1) is 9.01. The maximum atomic E-state index is 9.97. The molecule has 0 spiro atoms. The molecule has 0 bridgehead atoms. The fourth-order valence-corrected chi connectivity index (χ4v) is 0.400. The Hall–Kier alpha value is 0.00974. The number of carboxylic acids is 1. The average molecular weight is 154 g/mol. The standard InChI is InChI=1S/C5H4O3.Ca.2H/c6-5(7)4-2-1-3-8-4;;;/h1-3H,(H,6,7);;;. The van der Waals surface area contributed by atoms with Crippen LogP contribution in [-0.2, 0) is 0 Å². The van der Waals surface area contributed by atoms with E-state index in [0.717, 1.165) is 0 Å². The zero-order valence-electron chi connectivity index (χ0n) is 4.00. The Balaban J connectivity index is 0.000000640. The molecular weight excluding hydrogens is 148 g/mol. The quantitative estimate of drug-likeness (QED) is 0.582. The van der Waals surface area contributed by atoms with E-state index in [1.54, 1.807) is 0 Å². The van der Waals surface area contributed by atoms with Gasteiger partial charge in [-0.3, -0.25) is 0 Å². The van der Waals surface area contributed by atoms with Gasteiger partial charge in [0.2, 0.25) is 5.76 Å². The molecule has 9 heavy (non-hydrogen) atoms. The van der Waals surface area contributed by atoms with Crippen LogP contribution in [0.15, 0.2) is 22.8 Å². The first-order chi connectivity index (χ1) is 3.80. The summed E-state index contributed by atoms with van der Waals surface area (Å²) in [4.78, 5) is 9.97. The topological polar surface area (TPSA) is 50.4 Å². The van der Waals surface area contributed by atoms with Crippen LogP contribution in [0.25, 0.3) is 0 Å². The third-order valence-corrected chi connectivity index (χ3v) is 0.732. The van der Waals surface area contributed by atoms with Gasteiger partial charge >= 0.3 is 43.7 Å². The molecule has 0 saturated carbocycles. The first-order valence-electron chi connectivity index (χ1n) is 2.07. The van der Waals surface area contributed by atoms with E-state index in [9.17, 15) is 4.79 Å². The van der Waals surface area contributed by atoms with E-state index in [-0.39, 0.29) is 43.5 Å². The van der Waals surface area contributed by atoms with E-state index in [0.29, 0.717) is 0 Å². The summed E-state index contributed by atoms with van der Waals surface area (Å²) in [6.45, 7) is 0. The molecule has 1 aromatic rings. The van der Waals surface area contributed by atoms with Gasteiger partial charge < -0.3 is 9.52 Å². The van der Waals surface area contributed by atoms with Gasteiger partial charge in [0.15, 0.2) is 0 Å². The minimum atomic E-state index is -1.03. The summed E-state index contributed by atoms with van der Waals surface area (Å²) in [5, 5.41) is 8.18. The fraction of sp³-hybridized carbons (Fsp3) is 0. The van der Waals surface area contributed by atoms with Gasteiger partial charge in [-0.1, -0.05) is 0 Å². The van der Waals surface area contributed by atoms with Crippen LogP contribution >= 0.6 is 0 Å². The van der Waals surface area contributed by atoms with E-state index in [1.807, 2.05) is 0 Å². The molecule has 3 nitrogen and oxygen atoms in total. The van der Waals surface area contributed by atoms with Gasteiger partial charge in [0.05, 0.1) is 6.26 Å². The molecule has 0 aromatic carbocycles. The Morgan fingerprint density at radius 3 is 2.56 bits per heavy atom. The van der Waals surface area contributed by atoms with Crippen LogP contribution in [0.5, 0.6) is 0 Å². The molecule has 4 heteroatoms. The van der Waals surface area contributed by atoms with E-state index >= 15 is 0 Å². The summed E-state index contributed by atoms with van der Waals surface area (Å²) < 4.78 is 4.50. The predicted molar refractivity (Wildman–Crippen MR) is 34.2 cm³/mol. The Morgan fingerprint density at radius 1 is 1.67 bits per heavy atom. The van der Waals surface area contributed by atoms with Gasteiger partial charge in [-0.25, -0.2) is 4.79 Å². The van der Waals surface area contributed by atoms with Crippen LogP contribution < -0.4 is 0 Å². The summed E-state index contributed by atoms with van der Waals surface area (Å²) in [6.07, 6.45) is 1.32. The van der Waals surface area contributed by atoms with Crippen LogP contribution in [0.1, 0.15) is 10.6 Å². The van der Waals surface area contributed by atoms with Crippen molar-refractivity contribution >= 4 is 43.7 Å². The Bertz CT molecular complexity index is 180. The molecule has 0 radical (unpaired) electrons. The Kier molecular flexibility index (Phi) is 3.93. The van der Waals surface area contributed by atoms with Gasteiger partial charge in [0, 0.05) is 0 Å². The minimum absolute atomic E-state index is 0. The molecule has 1 aromatic heterocycles. The zero-order valence-corrected chi connectivity index (χ0v) is 4.00. The summed E-state index contributed by atoms with van der Waals surface area (Å²) in [6, 6.07) is 2.92. The third kappa shape index (κ3) is 2.39. The number of hydrogen-bond donors (Lipinski definition) is 1. The number of hydrogen-bond acceptors (Lipinski definition) is 2. The molecular formula is C5H6CaO3. The number of carboxylic acid groups (broad SMARTS) is 1. The van der Waals surface area contributed by atoms with Crippen molar-refractivity contribution < 1.29 is 14.3 Å². The molecule has 0 unspecified atom stereocenters. The molecule has 0 atom stereocenters. The average Bonchev–Trinajstić information content (AvgIpc) is 2.12. The summed E-state index contributed by atoms with van der Waals surface area (Å²) in [5.41, 5.74) is 0. The van der Waals surface area contributed by atoms with E-state index in [1.165, 1.54) is 18.4 Å². The summed E-state index contributed by atoms with van der Waals surface area (Å²) in [5.74, 6) is -1.06. The Labute approximate surface area is 81.7 Å². The molecule has 0 aliphatic rings. The molecule has 0 aliphatic heterocycles. The second-order valence-corrected chi connectivity index (χ2v) is 1.28. The van der Waals surface area contributed by atoms with E-state index in [2.05, 4.69) is 4.42 Å². The first-order valence-corrected chi connectivity index (χ1v) is 2.07. The van der Waals surface area contributed by atoms with Crippen molar-refractivity contribution in [3.8, 4) is 0 Å². The monoisotopic (exact) mass is 154 g/mol. The van der Waals surface area contributed by atoms with E-state index in [4.69, 9.17) is 5.11 Å². The number of furan rings is 1. The fourth-order valence-electron chi connectivity index (χ4n) is 0.400. The summed E-state index contributed by atoms with van der Waals surface area (Å²) in [7, 11) is 0. The third-order valence-electron chi connectivity index (χ3n) is 0.732. The molecule has 0 fully saturated rings. The van der Waals surface area contributed by atoms with Gasteiger partial charge in [0.25, 0.3) is 0 Å². The normalized spacial score (nSPS) is 8.00. The van der Waals surface area contributed by atoms with Gasteiger partial charge in [-0.05, 0) is 12.1 Å². The van der Waals surface area contributed by atoms with Gasteiger partial charge in [-0.15, -0.1) is 0 Å². The van der Waals surface area contributed by atoms with Crippen LogP contribution in [0.2, 0.25) is 0 Å². The maximum absolute atomic E-state index is 9.97. The van der Waals surface area contributed by atoms with Crippen molar-refractivity contribution in [3.63, 3.8) is 0 Å². The SMILES string of the molecule is O=C(O)c1ccco1.[CaH2]. The van der Waals surface area contributed by atoms with Crippen molar-refractivity contribution in [3.05, 3.63) is 24.2 Å².